The fraction of sp³-hybridized carbons (Fsp3) is 0.308. The summed E-state index contributed by atoms with van der Waals surface area (Å²) in [5.41, 5.74) is 0.504. The number of nitrogens with one attached hydrogen (secondary N) is 1. The van der Waals surface area contributed by atoms with Gasteiger partial charge in [0.25, 0.3) is 5.91 Å². The predicted octanol–water partition coefficient (Wildman–Crippen LogP) is 1.89. The van der Waals surface area contributed by atoms with Crippen molar-refractivity contribution in [3.05, 3.63) is 35.4 Å². The van der Waals surface area contributed by atoms with Gasteiger partial charge in [-0.15, -0.1) is 0 Å². The van der Waals surface area contributed by atoms with Crippen LogP contribution in [-0.4, -0.2) is 29.2 Å². The molecule has 8 heteroatoms. The van der Waals surface area contributed by atoms with E-state index in [1.54, 1.807) is 6.07 Å². The van der Waals surface area contributed by atoms with Crippen LogP contribution in [0.3, 0.4) is 0 Å². The second kappa shape index (κ2) is 6.74. The van der Waals surface area contributed by atoms with Crippen LogP contribution in [-0.2, 0) is 11.2 Å². The maximum atomic E-state index is 12.2. The summed E-state index contributed by atoms with van der Waals surface area (Å²) in [6, 6.07) is 5.49. The van der Waals surface area contributed by atoms with Crippen molar-refractivity contribution in [1.82, 2.24) is 5.32 Å². The number of amides is 1. The van der Waals surface area contributed by atoms with Crippen LogP contribution in [0.2, 0.25) is 0 Å². The fourth-order valence-corrected chi connectivity index (χ4v) is 1.59. The minimum absolute atomic E-state index is 0.00354. The quantitative estimate of drug-likeness (QED) is 0.868. The Morgan fingerprint density at radius 3 is 2.57 bits per heavy atom. The summed E-state index contributed by atoms with van der Waals surface area (Å²) in [5.74, 6) is -2.71. The van der Waals surface area contributed by atoms with E-state index >= 15 is 0 Å². The first-order valence-corrected chi connectivity index (χ1v) is 5.79. The molecule has 21 heavy (non-hydrogen) atoms. The first-order chi connectivity index (χ1) is 9.73. The van der Waals surface area contributed by atoms with Gasteiger partial charge >= 0.3 is 12.1 Å². The van der Waals surface area contributed by atoms with Crippen LogP contribution in [0.25, 0.3) is 0 Å². The summed E-state index contributed by atoms with van der Waals surface area (Å²) >= 11 is 0. The molecule has 1 unspecified atom stereocenters. The van der Waals surface area contributed by atoms with Gasteiger partial charge in [-0.1, -0.05) is 12.1 Å². The lowest BCUT2D eigenvalue weighted by Crippen LogP contribution is -2.43. The topological polar surface area (TPSA) is 90.2 Å². The van der Waals surface area contributed by atoms with Gasteiger partial charge in [0.1, 0.15) is 6.04 Å². The molecule has 0 heterocycles. The van der Waals surface area contributed by atoms with Crippen molar-refractivity contribution in [3.8, 4) is 6.07 Å². The maximum absolute atomic E-state index is 12.2. The Balaban J connectivity index is 2.85. The molecule has 0 radical (unpaired) electrons. The highest BCUT2D eigenvalue weighted by molar-refractivity contribution is 5.96. The number of carboxylic acids is 1. The normalized spacial score (nSPS) is 12.3. The molecule has 1 atom stereocenters. The van der Waals surface area contributed by atoms with E-state index in [2.05, 4.69) is 0 Å². The molecule has 0 spiro atoms. The molecule has 1 aromatic carbocycles. The lowest BCUT2D eigenvalue weighted by Gasteiger charge is -2.16. The Kier molecular flexibility index (Phi) is 5.30. The molecule has 0 aliphatic heterocycles. The van der Waals surface area contributed by atoms with E-state index in [0.29, 0.717) is 5.56 Å². The Labute approximate surface area is 118 Å². The lowest BCUT2D eigenvalue weighted by molar-refractivity contribution is -0.157. The third-order valence-corrected chi connectivity index (χ3v) is 2.51. The number of hydrogen-bond acceptors (Lipinski definition) is 3. The summed E-state index contributed by atoms with van der Waals surface area (Å²) in [4.78, 5) is 22.5. The SMILES string of the molecule is N#CCc1cccc(C(=O)NC(CC(F)(F)F)C(=O)O)c1. The largest absolute Gasteiger partial charge is 0.480 e. The van der Waals surface area contributed by atoms with Gasteiger partial charge in [-0.2, -0.15) is 18.4 Å². The van der Waals surface area contributed by atoms with Gasteiger partial charge in [0.2, 0.25) is 0 Å². The molecule has 112 valence electrons. The molecule has 2 N–H and O–H groups in total. The van der Waals surface area contributed by atoms with E-state index in [1.165, 1.54) is 18.2 Å². The van der Waals surface area contributed by atoms with Gasteiger partial charge < -0.3 is 10.4 Å². The minimum atomic E-state index is -4.71. The average molecular weight is 300 g/mol. The molecule has 1 aromatic rings. The van der Waals surface area contributed by atoms with Gasteiger partial charge in [0.05, 0.1) is 18.9 Å². The predicted molar refractivity (Wildman–Crippen MR) is 65.3 cm³/mol. The minimum Gasteiger partial charge on any atom is -0.480 e. The van der Waals surface area contributed by atoms with Gasteiger partial charge in [-0.05, 0) is 17.7 Å². The molecular formula is C13H11F3N2O3. The van der Waals surface area contributed by atoms with Crippen molar-refractivity contribution in [1.29, 1.82) is 5.26 Å². The van der Waals surface area contributed by atoms with Gasteiger partial charge in [-0.3, -0.25) is 4.79 Å². The standard InChI is InChI=1S/C13H11F3N2O3/c14-13(15,16)7-10(12(20)21)18-11(19)9-3-1-2-8(6-9)4-5-17/h1-3,6,10H,4,7H2,(H,18,19)(H,20,21). The molecule has 1 amide bonds. The number of nitrogens with zero attached hydrogens (tertiary/aromatic N) is 1. The highest BCUT2D eigenvalue weighted by atomic mass is 19.4. The summed E-state index contributed by atoms with van der Waals surface area (Å²) in [6.07, 6.45) is -6.34. The number of carbonyl (C=O) groups excluding carboxylic acids is 1. The number of halogens is 3. The summed E-state index contributed by atoms with van der Waals surface area (Å²) < 4.78 is 36.7. The van der Waals surface area contributed by atoms with E-state index in [9.17, 15) is 22.8 Å². The second-order valence-electron chi connectivity index (χ2n) is 4.22. The summed E-state index contributed by atoms with van der Waals surface area (Å²) in [5, 5.41) is 19.1. The third-order valence-electron chi connectivity index (χ3n) is 2.51. The van der Waals surface area contributed by atoms with Crippen molar-refractivity contribution in [3.63, 3.8) is 0 Å². The van der Waals surface area contributed by atoms with Crippen LogP contribution < -0.4 is 5.32 Å². The number of benzene rings is 1. The zero-order valence-electron chi connectivity index (χ0n) is 10.6. The van der Waals surface area contributed by atoms with E-state index < -0.39 is 30.5 Å². The molecule has 0 aliphatic carbocycles. The van der Waals surface area contributed by atoms with E-state index in [4.69, 9.17) is 10.4 Å². The third kappa shape index (κ3) is 5.52. The molecule has 0 aliphatic rings. The molecule has 0 fully saturated rings. The lowest BCUT2D eigenvalue weighted by atomic mass is 10.1. The summed E-state index contributed by atoms with van der Waals surface area (Å²) in [6.45, 7) is 0. The van der Waals surface area contributed by atoms with Crippen LogP contribution in [0.15, 0.2) is 24.3 Å². The average Bonchev–Trinajstić information content (AvgIpc) is 2.37. The fourth-order valence-electron chi connectivity index (χ4n) is 1.59. The molecule has 5 nitrogen and oxygen atoms in total. The number of alkyl halides is 3. The van der Waals surface area contributed by atoms with Crippen LogP contribution in [0.1, 0.15) is 22.3 Å². The van der Waals surface area contributed by atoms with Crippen molar-refractivity contribution >= 4 is 11.9 Å². The number of hydrogen-bond donors (Lipinski definition) is 2. The molecule has 0 aromatic heterocycles. The number of aliphatic carboxylic acids is 1. The van der Waals surface area contributed by atoms with Gasteiger partial charge in [-0.25, -0.2) is 4.79 Å². The Morgan fingerprint density at radius 1 is 1.38 bits per heavy atom. The van der Waals surface area contributed by atoms with E-state index in [1.807, 2.05) is 11.4 Å². The molecular weight excluding hydrogens is 289 g/mol. The van der Waals surface area contributed by atoms with Crippen molar-refractivity contribution < 1.29 is 27.9 Å². The molecule has 0 bridgehead atoms. The maximum Gasteiger partial charge on any atom is 0.391 e. The smallest absolute Gasteiger partial charge is 0.391 e. The van der Waals surface area contributed by atoms with Crippen molar-refractivity contribution in [2.24, 2.45) is 0 Å². The van der Waals surface area contributed by atoms with Crippen LogP contribution in [0.4, 0.5) is 13.2 Å². The molecule has 0 saturated carbocycles. The van der Waals surface area contributed by atoms with E-state index in [0.717, 1.165) is 0 Å². The van der Waals surface area contributed by atoms with Gasteiger partial charge in [0, 0.05) is 5.56 Å². The number of carbonyl (C=O) groups is 2. The highest BCUT2D eigenvalue weighted by Gasteiger charge is 2.36. The van der Waals surface area contributed by atoms with Crippen LogP contribution in [0.5, 0.6) is 0 Å². The first kappa shape index (κ1) is 16.5. The Hall–Kier alpha value is -2.56. The highest BCUT2D eigenvalue weighted by Crippen LogP contribution is 2.22. The zero-order chi connectivity index (χ0) is 16.0. The number of carboxylic acid groups (broad SMARTS) is 1. The second-order valence-corrected chi connectivity index (χ2v) is 4.22. The van der Waals surface area contributed by atoms with Crippen LogP contribution in [0, 0.1) is 11.3 Å². The zero-order valence-corrected chi connectivity index (χ0v) is 10.6. The monoisotopic (exact) mass is 300 g/mol. The van der Waals surface area contributed by atoms with Crippen molar-refractivity contribution in [2.45, 2.75) is 25.1 Å². The van der Waals surface area contributed by atoms with Gasteiger partial charge in [0.15, 0.2) is 0 Å². The van der Waals surface area contributed by atoms with Crippen LogP contribution >= 0.6 is 0 Å². The first-order valence-electron chi connectivity index (χ1n) is 5.79. The molecule has 1 rings (SSSR count). The molecule has 0 saturated heterocycles. The number of rotatable bonds is 5. The Morgan fingerprint density at radius 2 is 2.05 bits per heavy atom. The van der Waals surface area contributed by atoms with Crippen molar-refractivity contribution in [2.75, 3.05) is 0 Å². The Bertz CT molecular complexity index is 579. The number of nitriles is 1. The summed E-state index contributed by atoms with van der Waals surface area (Å²) in [7, 11) is 0. The van der Waals surface area contributed by atoms with E-state index in [-0.39, 0.29) is 12.0 Å².